The topological polar surface area (TPSA) is 11.4 Å². The van der Waals surface area contributed by atoms with E-state index in [1.807, 2.05) is 0 Å². The van der Waals surface area contributed by atoms with Gasteiger partial charge in [0, 0.05) is 67.1 Å². The minimum Gasteiger partial charge on any atom is -0.334 e. The van der Waals surface area contributed by atoms with Crippen molar-refractivity contribution in [2.24, 2.45) is 0 Å². The fraction of sp³-hybridized carbons (Fsp3) is 0.387. The molecule has 1 aromatic heterocycles. The van der Waals surface area contributed by atoms with Gasteiger partial charge in [0.15, 0.2) is 0 Å². The van der Waals surface area contributed by atoms with Crippen LogP contribution in [0, 0.1) is 6.92 Å². The van der Waals surface area contributed by atoms with Gasteiger partial charge < -0.3 is 14.4 Å². The zero-order valence-corrected chi connectivity index (χ0v) is 41.6. The Balaban J connectivity index is 1.11. The summed E-state index contributed by atoms with van der Waals surface area (Å²) in [7, 11) is 0. The molecule has 13 rings (SSSR count). The SMILES string of the molecule is Cc1cc2c3c(c1)-n1c4c(c5cccc(c51)B3c1ccc(N3c5ccc(C(C)(C)C)cc5C5(C)CCCCC35C)cc1N2c1ccc2c(c1)C(C)(C)CCC2(C)C)-c1ccccc1C4(C)C. The Morgan fingerprint density at radius 2 is 1.29 bits per heavy atom. The monoisotopic (exact) mass is 864 g/mol. The van der Waals surface area contributed by atoms with Crippen LogP contribution in [-0.4, -0.2) is 16.8 Å². The Labute approximate surface area is 394 Å². The molecule has 3 aliphatic heterocycles. The van der Waals surface area contributed by atoms with Crippen molar-refractivity contribution in [2.45, 2.75) is 154 Å². The predicted octanol–water partition coefficient (Wildman–Crippen LogP) is 14.2. The van der Waals surface area contributed by atoms with Gasteiger partial charge in [-0.25, -0.2) is 0 Å². The summed E-state index contributed by atoms with van der Waals surface area (Å²) in [5, 5.41) is 1.38. The standard InChI is InChI=1S/C62H66BN3/c1-37-32-51-54-52(33-37)65-55-42(53-41-18-13-14-20-43(41)60(9,10)56(53)65)19-17-21-48(55)63(54)47-26-24-40(36-50(47)64(51)39-23-25-44-45(35-39)59(7,8)31-30-58(44,5)6)66-49-27-22-38(57(2,3)4)34-46(49)61(11)28-15-16-29-62(61,66)12/h13-14,17-27,32-36H,15-16,28-31H2,1-12H3. The van der Waals surface area contributed by atoms with Crippen molar-refractivity contribution in [3.8, 4) is 16.8 Å². The summed E-state index contributed by atoms with van der Waals surface area (Å²) in [4.78, 5) is 5.51. The van der Waals surface area contributed by atoms with Crippen molar-refractivity contribution >= 4 is 62.4 Å². The highest BCUT2D eigenvalue weighted by Crippen LogP contribution is 2.62. The molecule has 1 saturated carbocycles. The molecule has 1 fully saturated rings. The summed E-state index contributed by atoms with van der Waals surface area (Å²) in [6.07, 6.45) is 7.32. The summed E-state index contributed by atoms with van der Waals surface area (Å²) in [6.45, 7) is 29.5. The molecule has 0 bridgehead atoms. The number of aryl methyl sites for hydroxylation is 1. The van der Waals surface area contributed by atoms with Gasteiger partial charge in [0.1, 0.15) is 0 Å². The molecule has 0 saturated heterocycles. The number of anilines is 5. The third kappa shape index (κ3) is 4.96. The van der Waals surface area contributed by atoms with Crippen LogP contribution in [0.2, 0.25) is 0 Å². The van der Waals surface area contributed by atoms with Crippen LogP contribution in [0.3, 0.4) is 0 Å². The first kappa shape index (κ1) is 40.8. The first-order valence-corrected chi connectivity index (χ1v) is 25.2. The summed E-state index contributed by atoms with van der Waals surface area (Å²) < 4.78 is 2.72. The lowest BCUT2D eigenvalue weighted by molar-refractivity contribution is 0.195. The van der Waals surface area contributed by atoms with E-state index in [0.29, 0.717) is 0 Å². The van der Waals surface area contributed by atoms with Gasteiger partial charge in [0.25, 0.3) is 6.71 Å². The molecule has 3 nitrogen and oxygen atoms in total. The minimum atomic E-state index is -0.160. The van der Waals surface area contributed by atoms with Crippen molar-refractivity contribution in [2.75, 3.05) is 9.80 Å². The lowest BCUT2D eigenvalue weighted by atomic mass is 9.33. The Hall–Kier alpha value is -5.48. The number of hydrogen-bond donors (Lipinski definition) is 0. The third-order valence-electron chi connectivity index (χ3n) is 18.7. The van der Waals surface area contributed by atoms with E-state index in [9.17, 15) is 0 Å². The highest BCUT2D eigenvalue weighted by Gasteiger charge is 2.58. The number of rotatable bonds is 2. The van der Waals surface area contributed by atoms with E-state index in [1.165, 1.54) is 150 Å². The lowest BCUT2D eigenvalue weighted by Crippen LogP contribution is -2.60. The molecule has 0 radical (unpaired) electrons. The second kappa shape index (κ2) is 12.7. The fourth-order valence-electron chi connectivity index (χ4n) is 14.8. The van der Waals surface area contributed by atoms with Gasteiger partial charge in [-0.15, -0.1) is 0 Å². The Bertz CT molecular complexity index is 3300. The van der Waals surface area contributed by atoms with Crippen molar-refractivity contribution < 1.29 is 0 Å². The van der Waals surface area contributed by atoms with E-state index in [-0.39, 0.29) is 39.3 Å². The van der Waals surface area contributed by atoms with Crippen LogP contribution in [0.25, 0.3) is 27.7 Å². The first-order chi connectivity index (χ1) is 31.3. The molecule has 4 heterocycles. The molecule has 6 aromatic carbocycles. The first-order valence-electron chi connectivity index (χ1n) is 25.2. The number of hydrogen-bond acceptors (Lipinski definition) is 2. The van der Waals surface area contributed by atoms with Crippen LogP contribution < -0.4 is 26.2 Å². The molecule has 0 N–H and O–H groups in total. The second-order valence-electron chi connectivity index (χ2n) is 24.8. The van der Waals surface area contributed by atoms with Crippen LogP contribution in [0.4, 0.5) is 28.4 Å². The van der Waals surface area contributed by atoms with Gasteiger partial charge in [-0.2, -0.15) is 0 Å². The van der Waals surface area contributed by atoms with E-state index in [2.05, 4.69) is 207 Å². The summed E-state index contributed by atoms with van der Waals surface area (Å²) in [6, 6.07) is 44.2. The van der Waals surface area contributed by atoms with Gasteiger partial charge in [-0.05, 0) is 154 Å². The maximum absolute atomic E-state index is 2.80. The molecular formula is C62H66BN3. The number of fused-ring (bicyclic) bond motifs is 13. The molecular weight excluding hydrogens is 798 g/mol. The Morgan fingerprint density at radius 3 is 2.08 bits per heavy atom. The molecule has 4 heteroatoms. The summed E-state index contributed by atoms with van der Waals surface area (Å²) in [5.41, 5.74) is 26.6. The minimum absolute atomic E-state index is 0.0458. The molecule has 2 atom stereocenters. The average molecular weight is 864 g/mol. The molecule has 332 valence electrons. The number of aromatic nitrogens is 1. The van der Waals surface area contributed by atoms with Gasteiger partial charge in [0.2, 0.25) is 0 Å². The molecule has 3 aliphatic carbocycles. The number of nitrogens with zero attached hydrogens (tertiary/aromatic N) is 3. The third-order valence-corrected chi connectivity index (χ3v) is 18.7. The maximum Gasteiger partial charge on any atom is 0.252 e. The van der Waals surface area contributed by atoms with Gasteiger partial charge in [0.05, 0.1) is 5.54 Å². The predicted molar refractivity (Wildman–Crippen MR) is 282 cm³/mol. The highest BCUT2D eigenvalue weighted by atomic mass is 15.3. The second-order valence-corrected chi connectivity index (χ2v) is 24.8. The number of para-hydroxylation sites is 1. The van der Waals surface area contributed by atoms with Crippen LogP contribution >= 0.6 is 0 Å². The smallest absolute Gasteiger partial charge is 0.252 e. The van der Waals surface area contributed by atoms with Crippen molar-refractivity contribution in [3.63, 3.8) is 0 Å². The van der Waals surface area contributed by atoms with Crippen LogP contribution in [0.15, 0.2) is 109 Å². The van der Waals surface area contributed by atoms with Crippen LogP contribution in [-0.2, 0) is 27.1 Å². The van der Waals surface area contributed by atoms with E-state index in [4.69, 9.17) is 0 Å². The lowest BCUT2D eigenvalue weighted by Gasteiger charge is -2.50. The molecule has 66 heavy (non-hydrogen) atoms. The Kier molecular flexibility index (Phi) is 7.87. The van der Waals surface area contributed by atoms with Crippen molar-refractivity contribution in [1.82, 2.24) is 4.57 Å². The molecule has 0 spiro atoms. The molecule has 2 unspecified atom stereocenters. The van der Waals surface area contributed by atoms with E-state index in [1.54, 1.807) is 0 Å². The normalized spacial score (nSPS) is 23.2. The molecule has 7 aromatic rings. The van der Waals surface area contributed by atoms with E-state index >= 15 is 0 Å². The van der Waals surface area contributed by atoms with E-state index in [0.717, 1.165) is 0 Å². The number of benzene rings is 6. The zero-order valence-electron chi connectivity index (χ0n) is 41.6. The largest absolute Gasteiger partial charge is 0.334 e. The molecule has 6 aliphatic rings. The van der Waals surface area contributed by atoms with Gasteiger partial charge >= 0.3 is 0 Å². The molecule has 0 amide bonds. The van der Waals surface area contributed by atoms with E-state index < -0.39 is 0 Å². The van der Waals surface area contributed by atoms with Crippen molar-refractivity contribution in [1.29, 1.82) is 0 Å². The van der Waals surface area contributed by atoms with Gasteiger partial charge in [-0.3, -0.25) is 0 Å². The maximum atomic E-state index is 2.80. The zero-order chi connectivity index (χ0) is 45.8. The van der Waals surface area contributed by atoms with Crippen LogP contribution in [0.1, 0.15) is 154 Å². The average Bonchev–Trinajstić information content (AvgIpc) is 3.83. The Morgan fingerprint density at radius 1 is 0.561 bits per heavy atom. The summed E-state index contributed by atoms with van der Waals surface area (Å²) in [5.74, 6) is 0. The fourth-order valence-corrected chi connectivity index (χ4v) is 14.8. The van der Waals surface area contributed by atoms with Crippen molar-refractivity contribution in [3.05, 3.63) is 148 Å². The highest BCUT2D eigenvalue weighted by molar-refractivity contribution is 7.00. The van der Waals surface area contributed by atoms with Crippen LogP contribution in [0.5, 0.6) is 0 Å². The quantitative estimate of drug-likeness (QED) is 0.160. The van der Waals surface area contributed by atoms with Gasteiger partial charge in [-0.1, -0.05) is 149 Å². The summed E-state index contributed by atoms with van der Waals surface area (Å²) >= 11 is 0.